The monoisotopic (exact) mass is 333 g/mol. The summed E-state index contributed by atoms with van der Waals surface area (Å²) in [5.41, 5.74) is -0.207. The number of carbonyl (C=O) groups excluding carboxylic acids is 1. The van der Waals surface area contributed by atoms with E-state index < -0.39 is 17.0 Å². The Morgan fingerprint density at radius 2 is 1.77 bits per heavy atom. The van der Waals surface area contributed by atoms with Gasteiger partial charge in [0.05, 0.1) is 12.5 Å². The summed E-state index contributed by atoms with van der Waals surface area (Å²) in [6, 6.07) is 2.97. The number of hydrogen-bond acceptors (Lipinski definition) is 4. The highest BCUT2D eigenvalue weighted by atomic mass is 32.1. The standard InChI is InChI=1S/C14H19F2NO2S.C2H6/c1-14(2,13(18)19-3)5-4-12(17-20)9-6-10(15)8-11(16)7-9;1-2/h6-8,12,17,20H,4-5H2,1-3H3;1-2H3. The Hall–Kier alpha value is -1.14. The van der Waals surface area contributed by atoms with Gasteiger partial charge in [0.15, 0.2) is 0 Å². The fraction of sp³-hybridized carbons (Fsp3) is 0.562. The first-order valence-corrected chi connectivity index (χ1v) is 7.69. The molecule has 0 spiro atoms. The molecule has 0 heterocycles. The minimum Gasteiger partial charge on any atom is -0.469 e. The van der Waals surface area contributed by atoms with Gasteiger partial charge in [-0.05, 0) is 44.4 Å². The van der Waals surface area contributed by atoms with Crippen LogP contribution < -0.4 is 4.72 Å². The van der Waals surface area contributed by atoms with Crippen molar-refractivity contribution in [2.45, 2.75) is 46.6 Å². The van der Waals surface area contributed by atoms with Crippen LogP contribution in [0.5, 0.6) is 0 Å². The molecule has 0 aliphatic heterocycles. The normalized spacial score (nSPS) is 12.2. The van der Waals surface area contributed by atoms with Gasteiger partial charge in [-0.3, -0.25) is 9.52 Å². The smallest absolute Gasteiger partial charge is 0.311 e. The Bertz CT molecular complexity index is 461. The summed E-state index contributed by atoms with van der Waals surface area (Å²) >= 11 is 3.99. The van der Waals surface area contributed by atoms with E-state index in [1.54, 1.807) is 13.8 Å². The van der Waals surface area contributed by atoms with Gasteiger partial charge in [-0.25, -0.2) is 8.78 Å². The lowest BCUT2D eigenvalue weighted by Crippen LogP contribution is -2.27. The number of ether oxygens (including phenoxy) is 1. The third-order valence-electron chi connectivity index (χ3n) is 3.24. The van der Waals surface area contributed by atoms with Gasteiger partial charge < -0.3 is 4.74 Å². The van der Waals surface area contributed by atoms with Gasteiger partial charge in [-0.15, -0.1) is 0 Å². The number of carbonyl (C=O) groups is 1. The minimum absolute atomic E-state index is 0.319. The van der Waals surface area contributed by atoms with Crippen molar-refractivity contribution < 1.29 is 18.3 Å². The molecule has 22 heavy (non-hydrogen) atoms. The summed E-state index contributed by atoms with van der Waals surface area (Å²) in [4.78, 5) is 11.6. The fourth-order valence-electron chi connectivity index (χ4n) is 1.97. The number of rotatable bonds is 6. The second-order valence-corrected chi connectivity index (χ2v) is 5.56. The van der Waals surface area contributed by atoms with E-state index in [-0.39, 0.29) is 12.0 Å². The summed E-state index contributed by atoms with van der Waals surface area (Å²) in [6.45, 7) is 7.53. The van der Waals surface area contributed by atoms with Crippen LogP contribution in [0.2, 0.25) is 0 Å². The van der Waals surface area contributed by atoms with E-state index in [2.05, 4.69) is 17.5 Å². The maximum Gasteiger partial charge on any atom is 0.311 e. The molecule has 3 nitrogen and oxygen atoms in total. The van der Waals surface area contributed by atoms with Crippen molar-refractivity contribution in [3.8, 4) is 0 Å². The van der Waals surface area contributed by atoms with Gasteiger partial charge in [0.1, 0.15) is 11.6 Å². The van der Waals surface area contributed by atoms with E-state index in [0.29, 0.717) is 18.4 Å². The number of esters is 1. The van der Waals surface area contributed by atoms with E-state index in [0.717, 1.165) is 6.07 Å². The molecule has 0 aromatic heterocycles. The van der Waals surface area contributed by atoms with Crippen molar-refractivity contribution in [2.24, 2.45) is 5.41 Å². The molecule has 1 atom stereocenters. The van der Waals surface area contributed by atoms with Gasteiger partial charge in [0, 0.05) is 12.1 Å². The predicted octanol–water partition coefficient (Wildman–Crippen LogP) is 4.45. The van der Waals surface area contributed by atoms with Crippen LogP contribution in [0.1, 0.15) is 52.1 Å². The van der Waals surface area contributed by atoms with Crippen molar-refractivity contribution >= 4 is 18.8 Å². The first-order valence-electron chi connectivity index (χ1n) is 7.24. The molecule has 1 rings (SSSR count). The average Bonchev–Trinajstić information content (AvgIpc) is 2.48. The van der Waals surface area contributed by atoms with Crippen LogP contribution in [-0.4, -0.2) is 13.1 Å². The Morgan fingerprint density at radius 1 is 1.27 bits per heavy atom. The van der Waals surface area contributed by atoms with Gasteiger partial charge in [0.25, 0.3) is 0 Å². The lowest BCUT2D eigenvalue weighted by molar-refractivity contribution is -0.151. The van der Waals surface area contributed by atoms with Crippen LogP contribution in [0, 0.1) is 17.0 Å². The number of hydrogen-bond donors (Lipinski definition) is 2. The zero-order valence-electron chi connectivity index (χ0n) is 13.7. The predicted molar refractivity (Wildman–Crippen MR) is 87.6 cm³/mol. The number of nitrogens with one attached hydrogen (secondary N) is 1. The topological polar surface area (TPSA) is 38.3 Å². The Balaban J connectivity index is 0.00000211. The third-order valence-corrected chi connectivity index (χ3v) is 3.55. The van der Waals surface area contributed by atoms with Gasteiger partial charge in [0.2, 0.25) is 0 Å². The van der Waals surface area contributed by atoms with Gasteiger partial charge in [-0.2, -0.15) is 0 Å². The van der Waals surface area contributed by atoms with Gasteiger partial charge in [-0.1, -0.05) is 26.7 Å². The first kappa shape index (κ1) is 20.9. The molecular weight excluding hydrogens is 308 g/mol. The lowest BCUT2D eigenvalue weighted by Gasteiger charge is -2.24. The molecule has 6 heteroatoms. The molecule has 0 aliphatic rings. The molecule has 1 unspecified atom stereocenters. The average molecular weight is 333 g/mol. The zero-order valence-corrected chi connectivity index (χ0v) is 14.6. The Morgan fingerprint density at radius 3 is 2.18 bits per heavy atom. The fourth-order valence-corrected chi connectivity index (χ4v) is 2.24. The van der Waals surface area contributed by atoms with Crippen molar-refractivity contribution in [3.05, 3.63) is 35.4 Å². The molecule has 1 aromatic carbocycles. The van der Waals surface area contributed by atoms with Crippen molar-refractivity contribution in [2.75, 3.05) is 7.11 Å². The maximum atomic E-state index is 13.2. The molecule has 126 valence electrons. The van der Waals surface area contributed by atoms with Crippen molar-refractivity contribution in [1.29, 1.82) is 0 Å². The van der Waals surface area contributed by atoms with Crippen LogP contribution >= 0.6 is 12.8 Å². The highest BCUT2D eigenvalue weighted by Crippen LogP contribution is 2.30. The van der Waals surface area contributed by atoms with E-state index in [1.165, 1.54) is 19.2 Å². The molecule has 0 fully saturated rings. The number of halogens is 2. The number of thiol groups is 1. The molecule has 0 aliphatic carbocycles. The molecule has 0 bridgehead atoms. The molecule has 1 N–H and O–H groups in total. The molecule has 0 amide bonds. The Labute approximate surface area is 137 Å². The summed E-state index contributed by atoms with van der Waals surface area (Å²) in [7, 11) is 1.33. The number of benzene rings is 1. The Kier molecular flexibility index (Phi) is 9.28. The highest BCUT2D eigenvalue weighted by Gasteiger charge is 2.29. The van der Waals surface area contributed by atoms with Crippen LogP contribution in [0.25, 0.3) is 0 Å². The van der Waals surface area contributed by atoms with E-state index in [4.69, 9.17) is 4.74 Å². The zero-order chi connectivity index (χ0) is 17.3. The molecule has 0 saturated carbocycles. The van der Waals surface area contributed by atoms with Crippen LogP contribution in [0.15, 0.2) is 18.2 Å². The molecular formula is C16H25F2NO2S. The third kappa shape index (κ3) is 6.32. The summed E-state index contributed by atoms with van der Waals surface area (Å²) in [5, 5.41) is 0. The molecule has 1 aromatic rings. The van der Waals surface area contributed by atoms with Gasteiger partial charge >= 0.3 is 5.97 Å². The summed E-state index contributed by atoms with van der Waals surface area (Å²) in [5.74, 6) is -1.59. The lowest BCUT2D eigenvalue weighted by atomic mass is 9.85. The largest absolute Gasteiger partial charge is 0.469 e. The molecule has 0 radical (unpaired) electrons. The SMILES string of the molecule is CC.COC(=O)C(C)(C)CCC(NS)c1cc(F)cc(F)c1. The first-order chi connectivity index (χ1) is 10.3. The quantitative estimate of drug-likeness (QED) is 0.597. The van der Waals surface area contributed by atoms with Crippen molar-refractivity contribution in [1.82, 2.24) is 4.72 Å². The highest BCUT2D eigenvalue weighted by molar-refractivity contribution is 7.78. The van der Waals surface area contributed by atoms with E-state index in [1.807, 2.05) is 13.8 Å². The van der Waals surface area contributed by atoms with Crippen LogP contribution in [0.3, 0.4) is 0 Å². The summed E-state index contributed by atoms with van der Waals surface area (Å²) < 4.78 is 33.9. The van der Waals surface area contributed by atoms with E-state index >= 15 is 0 Å². The summed E-state index contributed by atoms with van der Waals surface area (Å²) in [6.07, 6.45) is 0.991. The number of methoxy groups -OCH3 is 1. The maximum absolute atomic E-state index is 13.2. The molecule has 0 saturated heterocycles. The van der Waals surface area contributed by atoms with E-state index in [9.17, 15) is 13.6 Å². The second kappa shape index (κ2) is 9.79. The second-order valence-electron chi connectivity index (χ2n) is 5.30. The van der Waals surface area contributed by atoms with Crippen LogP contribution in [0.4, 0.5) is 8.78 Å². The van der Waals surface area contributed by atoms with Crippen molar-refractivity contribution in [3.63, 3.8) is 0 Å². The minimum atomic E-state index is -0.663. The van der Waals surface area contributed by atoms with Crippen LogP contribution in [-0.2, 0) is 9.53 Å².